The number of ether oxygens (including phenoxy) is 1. The molecule has 1 aromatic heterocycles. The molecule has 0 amide bonds. The van der Waals surface area contributed by atoms with E-state index in [-0.39, 0.29) is 11.8 Å². The SMILES string of the molecule is Cc1c(N2CC[C@H](CNC3CC3)C2)c(F)cc2c(=O)c(OC(=O)O)cn([C@@H]3C[C@@H]3F)c12. The number of aryl methyl sites for hydroxylation is 1. The van der Waals surface area contributed by atoms with E-state index in [1.807, 2.05) is 4.90 Å². The third-order valence-electron chi connectivity index (χ3n) is 6.56. The molecule has 3 aliphatic rings. The fraction of sp³-hybridized carbons (Fsp3) is 0.545. The number of carbonyl (C=O) groups is 1. The van der Waals surface area contributed by atoms with E-state index in [2.05, 4.69) is 10.1 Å². The maximum Gasteiger partial charge on any atom is 0.511 e. The van der Waals surface area contributed by atoms with Gasteiger partial charge in [-0.05, 0) is 50.3 Å². The minimum Gasteiger partial charge on any atom is -0.449 e. The minimum atomic E-state index is -1.65. The van der Waals surface area contributed by atoms with Crippen molar-refractivity contribution in [2.24, 2.45) is 5.92 Å². The van der Waals surface area contributed by atoms with Crippen LogP contribution >= 0.6 is 0 Å². The maximum atomic E-state index is 15.2. The van der Waals surface area contributed by atoms with Gasteiger partial charge < -0.3 is 24.6 Å². The van der Waals surface area contributed by atoms with E-state index in [9.17, 15) is 14.0 Å². The number of halogens is 2. The molecule has 2 heterocycles. The summed E-state index contributed by atoms with van der Waals surface area (Å²) in [5, 5.41) is 12.5. The Kier molecular flexibility index (Phi) is 4.88. The molecule has 2 aromatic rings. The normalized spacial score (nSPS) is 25.3. The summed E-state index contributed by atoms with van der Waals surface area (Å²) in [7, 11) is 0. The van der Waals surface area contributed by atoms with Gasteiger partial charge in [-0.15, -0.1) is 0 Å². The summed E-state index contributed by atoms with van der Waals surface area (Å²) in [5.74, 6) is -0.565. The van der Waals surface area contributed by atoms with Gasteiger partial charge in [0.2, 0.25) is 5.43 Å². The largest absolute Gasteiger partial charge is 0.511 e. The molecule has 7 nitrogen and oxygen atoms in total. The lowest BCUT2D eigenvalue weighted by molar-refractivity contribution is 0.143. The Balaban J connectivity index is 1.56. The first kappa shape index (κ1) is 20.2. The van der Waals surface area contributed by atoms with Crippen molar-refractivity contribution >= 4 is 22.7 Å². The van der Waals surface area contributed by atoms with Gasteiger partial charge in [-0.25, -0.2) is 13.6 Å². The Morgan fingerprint density at radius 2 is 2.10 bits per heavy atom. The van der Waals surface area contributed by atoms with Gasteiger partial charge >= 0.3 is 6.16 Å². The molecule has 1 saturated heterocycles. The summed E-state index contributed by atoms with van der Waals surface area (Å²) in [6, 6.07) is 1.23. The molecule has 0 radical (unpaired) electrons. The van der Waals surface area contributed by atoms with Gasteiger partial charge in [0.15, 0.2) is 5.75 Å². The maximum absolute atomic E-state index is 15.2. The smallest absolute Gasteiger partial charge is 0.449 e. The van der Waals surface area contributed by atoms with Crippen molar-refractivity contribution in [3.8, 4) is 5.75 Å². The van der Waals surface area contributed by atoms with Crippen LogP contribution in [0.3, 0.4) is 0 Å². The summed E-state index contributed by atoms with van der Waals surface area (Å²) in [6.07, 6.45) is 2.14. The summed E-state index contributed by atoms with van der Waals surface area (Å²) in [6.45, 7) is 4.06. The first-order valence-corrected chi connectivity index (χ1v) is 10.7. The highest BCUT2D eigenvalue weighted by Gasteiger charge is 2.41. The Morgan fingerprint density at radius 1 is 1.35 bits per heavy atom. The molecular weight excluding hydrogens is 408 g/mol. The van der Waals surface area contributed by atoms with E-state index in [0.717, 1.165) is 19.0 Å². The van der Waals surface area contributed by atoms with Crippen LogP contribution < -0.4 is 20.4 Å². The number of alkyl halides is 1. The summed E-state index contributed by atoms with van der Waals surface area (Å²) >= 11 is 0. The Hall–Kier alpha value is -2.68. The predicted molar refractivity (Wildman–Crippen MR) is 111 cm³/mol. The molecule has 0 unspecified atom stereocenters. The second kappa shape index (κ2) is 7.47. The summed E-state index contributed by atoms with van der Waals surface area (Å²) in [4.78, 5) is 25.8. The fourth-order valence-electron chi connectivity index (χ4n) is 4.72. The molecule has 0 spiro atoms. The fourth-order valence-corrected chi connectivity index (χ4v) is 4.72. The van der Waals surface area contributed by atoms with Crippen LogP contribution in [0.1, 0.15) is 37.3 Å². The van der Waals surface area contributed by atoms with Gasteiger partial charge in [-0.1, -0.05) is 0 Å². The van der Waals surface area contributed by atoms with Crippen LogP contribution in [0, 0.1) is 18.7 Å². The average molecular weight is 433 g/mol. The number of fused-ring (bicyclic) bond motifs is 1. The highest BCUT2D eigenvalue weighted by Crippen LogP contribution is 2.43. The van der Waals surface area contributed by atoms with Crippen molar-refractivity contribution < 1.29 is 23.4 Å². The van der Waals surface area contributed by atoms with Crippen LogP contribution in [0.2, 0.25) is 0 Å². The average Bonchev–Trinajstić information content (AvgIpc) is 3.62. The molecule has 2 aliphatic carbocycles. The Bertz CT molecular complexity index is 1110. The lowest BCUT2D eigenvalue weighted by Crippen LogP contribution is -2.28. The van der Waals surface area contributed by atoms with Crippen molar-refractivity contribution in [2.75, 3.05) is 24.5 Å². The zero-order valence-corrected chi connectivity index (χ0v) is 17.2. The zero-order chi connectivity index (χ0) is 21.9. The minimum absolute atomic E-state index is 0.00254. The molecule has 1 aromatic carbocycles. The number of hydrogen-bond donors (Lipinski definition) is 2. The van der Waals surface area contributed by atoms with E-state index >= 15 is 4.39 Å². The number of nitrogens with zero attached hydrogens (tertiary/aromatic N) is 2. The van der Waals surface area contributed by atoms with Crippen molar-refractivity contribution in [3.05, 3.63) is 33.9 Å². The van der Waals surface area contributed by atoms with Gasteiger partial charge in [-0.3, -0.25) is 4.79 Å². The third kappa shape index (κ3) is 3.75. The number of anilines is 1. The molecule has 5 rings (SSSR count). The van der Waals surface area contributed by atoms with Crippen LogP contribution in [0.4, 0.5) is 19.3 Å². The summed E-state index contributed by atoms with van der Waals surface area (Å²) in [5.41, 5.74) is 0.705. The third-order valence-corrected chi connectivity index (χ3v) is 6.56. The van der Waals surface area contributed by atoms with E-state index in [4.69, 9.17) is 5.11 Å². The van der Waals surface area contributed by atoms with Gasteiger partial charge in [0.25, 0.3) is 0 Å². The van der Waals surface area contributed by atoms with Crippen LogP contribution in [0.15, 0.2) is 17.1 Å². The van der Waals surface area contributed by atoms with E-state index in [1.54, 1.807) is 11.5 Å². The second-order valence-electron chi connectivity index (χ2n) is 8.93. The van der Waals surface area contributed by atoms with Gasteiger partial charge in [0, 0.05) is 25.6 Å². The van der Waals surface area contributed by atoms with E-state index in [0.29, 0.717) is 41.8 Å². The van der Waals surface area contributed by atoms with Crippen LogP contribution in [-0.2, 0) is 0 Å². The molecule has 2 saturated carbocycles. The topological polar surface area (TPSA) is 83.8 Å². The highest BCUT2D eigenvalue weighted by atomic mass is 19.1. The van der Waals surface area contributed by atoms with Crippen LogP contribution in [0.25, 0.3) is 10.9 Å². The Labute approximate surface area is 177 Å². The second-order valence-corrected chi connectivity index (χ2v) is 8.93. The standard InChI is InChI=1S/C22H25F2N3O4/c1-11-19-14(21(28)18(31-22(29)30)10-27(19)17-7-15(17)23)6-16(24)20(11)26-5-4-12(9-26)8-25-13-2-3-13/h6,10,12-13,15,17,25H,2-5,7-9H2,1H3,(H,29,30)/t12-,15+,17-/m1/s1. The molecule has 3 fully saturated rings. The van der Waals surface area contributed by atoms with Crippen molar-refractivity contribution in [1.29, 1.82) is 0 Å². The van der Waals surface area contributed by atoms with Crippen molar-refractivity contribution in [2.45, 2.75) is 50.9 Å². The summed E-state index contributed by atoms with van der Waals surface area (Å²) < 4.78 is 35.3. The number of rotatable bonds is 6. The van der Waals surface area contributed by atoms with Gasteiger partial charge in [0.1, 0.15) is 12.0 Å². The number of nitrogens with one attached hydrogen (secondary N) is 1. The molecule has 0 bridgehead atoms. The van der Waals surface area contributed by atoms with Gasteiger partial charge in [-0.2, -0.15) is 0 Å². The molecule has 31 heavy (non-hydrogen) atoms. The Morgan fingerprint density at radius 3 is 2.74 bits per heavy atom. The lowest BCUT2D eigenvalue weighted by Gasteiger charge is -2.24. The molecule has 3 atom stereocenters. The highest BCUT2D eigenvalue weighted by molar-refractivity contribution is 5.89. The number of carboxylic acid groups (broad SMARTS) is 1. The van der Waals surface area contributed by atoms with E-state index in [1.165, 1.54) is 19.0 Å². The van der Waals surface area contributed by atoms with Crippen molar-refractivity contribution in [1.82, 2.24) is 9.88 Å². The molecule has 166 valence electrons. The first-order valence-electron chi connectivity index (χ1n) is 10.7. The number of aromatic nitrogens is 1. The van der Waals surface area contributed by atoms with Crippen LogP contribution in [-0.4, -0.2) is 47.7 Å². The van der Waals surface area contributed by atoms with Gasteiger partial charge in [0.05, 0.1) is 28.8 Å². The lowest BCUT2D eigenvalue weighted by atomic mass is 10.1. The molecular formula is C22H25F2N3O4. The molecule has 9 heteroatoms. The van der Waals surface area contributed by atoms with Crippen LogP contribution in [0.5, 0.6) is 5.75 Å². The zero-order valence-electron chi connectivity index (χ0n) is 17.2. The number of hydrogen-bond acceptors (Lipinski definition) is 5. The number of benzene rings is 1. The molecule has 1 aliphatic heterocycles. The quantitative estimate of drug-likeness (QED) is 0.680. The van der Waals surface area contributed by atoms with E-state index < -0.39 is 35.4 Å². The number of pyridine rings is 1. The molecule has 2 N–H and O–H groups in total. The predicted octanol–water partition coefficient (Wildman–Crippen LogP) is 3.37. The van der Waals surface area contributed by atoms with Crippen molar-refractivity contribution in [3.63, 3.8) is 0 Å². The first-order chi connectivity index (χ1) is 14.8. The monoisotopic (exact) mass is 433 g/mol.